The number of carbonyl (C=O) groups is 2. The van der Waals surface area contributed by atoms with E-state index in [1.54, 1.807) is 50.2 Å². The maximum absolute atomic E-state index is 13.8. The second-order valence-corrected chi connectivity index (χ2v) is 11.3. The molecular formula is C30H35N3O6S. The summed E-state index contributed by atoms with van der Waals surface area (Å²) in [6.07, 6.45) is 1.39. The third-order valence-corrected chi connectivity index (χ3v) is 8.44. The van der Waals surface area contributed by atoms with E-state index in [2.05, 4.69) is 10.0 Å². The molecule has 0 bridgehead atoms. The van der Waals surface area contributed by atoms with Crippen LogP contribution in [0.2, 0.25) is 0 Å². The van der Waals surface area contributed by atoms with E-state index in [0.717, 1.165) is 5.56 Å². The van der Waals surface area contributed by atoms with E-state index in [-0.39, 0.29) is 23.4 Å². The van der Waals surface area contributed by atoms with Crippen LogP contribution in [-0.2, 0) is 19.6 Å². The summed E-state index contributed by atoms with van der Waals surface area (Å²) in [5, 5.41) is 2.80. The molecule has 0 spiro atoms. The Hall–Kier alpha value is -3.89. The van der Waals surface area contributed by atoms with Gasteiger partial charge in [0.05, 0.1) is 30.9 Å². The lowest BCUT2D eigenvalue weighted by atomic mass is 9.97. The first-order valence-corrected chi connectivity index (χ1v) is 14.8. The fraction of sp³-hybridized carbons (Fsp3) is 0.333. The van der Waals surface area contributed by atoms with Gasteiger partial charge < -0.3 is 19.7 Å². The van der Waals surface area contributed by atoms with Crippen LogP contribution in [0.4, 0.5) is 11.4 Å². The van der Waals surface area contributed by atoms with Crippen LogP contribution < -0.4 is 19.7 Å². The third-order valence-electron chi connectivity index (χ3n) is 6.87. The zero-order valence-electron chi connectivity index (χ0n) is 22.9. The summed E-state index contributed by atoms with van der Waals surface area (Å²) >= 11 is 0. The Kier molecular flexibility index (Phi) is 9.44. The molecule has 212 valence electrons. The Labute approximate surface area is 235 Å². The number of anilines is 2. The summed E-state index contributed by atoms with van der Waals surface area (Å²) in [5.74, 6) is -0.667. The van der Waals surface area contributed by atoms with Gasteiger partial charge in [0.25, 0.3) is 5.91 Å². The van der Waals surface area contributed by atoms with Crippen LogP contribution in [0.25, 0.3) is 0 Å². The molecule has 2 atom stereocenters. The number of carbonyl (C=O) groups excluding carboxylic acids is 2. The summed E-state index contributed by atoms with van der Waals surface area (Å²) in [6, 6.07) is 20.4. The number of methoxy groups -OCH3 is 1. The SMILES string of the molecule is CCOC(=O)C1CCCN(c2ccc(NC(=O)c3ccccc3OC)cc2S(=O)(=O)NC(C)c2ccccc2)C1. The van der Waals surface area contributed by atoms with E-state index >= 15 is 0 Å². The molecule has 2 N–H and O–H groups in total. The maximum atomic E-state index is 13.8. The molecule has 3 aromatic rings. The van der Waals surface area contributed by atoms with Gasteiger partial charge in [-0.05, 0) is 62.6 Å². The van der Waals surface area contributed by atoms with Crippen molar-refractivity contribution in [2.24, 2.45) is 5.92 Å². The summed E-state index contributed by atoms with van der Waals surface area (Å²) in [6.45, 7) is 4.75. The quantitative estimate of drug-likeness (QED) is 0.341. The number of hydrogen-bond donors (Lipinski definition) is 2. The van der Waals surface area contributed by atoms with Crippen molar-refractivity contribution < 1.29 is 27.5 Å². The first-order valence-electron chi connectivity index (χ1n) is 13.3. The lowest BCUT2D eigenvalue weighted by Gasteiger charge is -2.34. The molecule has 1 aliphatic heterocycles. The fourth-order valence-electron chi connectivity index (χ4n) is 4.85. The van der Waals surface area contributed by atoms with Crippen molar-refractivity contribution in [1.82, 2.24) is 4.72 Å². The standard InChI is InChI=1S/C30H35N3O6S/c1-4-39-30(35)23-13-10-18-33(20-23)26-17-16-24(31-29(34)25-14-8-9-15-27(25)38-3)19-28(26)40(36,37)32-21(2)22-11-6-5-7-12-22/h5-9,11-12,14-17,19,21,23,32H,4,10,13,18,20H2,1-3H3,(H,31,34). The van der Waals surface area contributed by atoms with Crippen molar-refractivity contribution in [3.05, 3.63) is 83.9 Å². The van der Waals surface area contributed by atoms with Gasteiger partial charge in [-0.15, -0.1) is 0 Å². The summed E-state index contributed by atoms with van der Waals surface area (Å²) < 4.78 is 41.0. The zero-order chi connectivity index (χ0) is 28.7. The van der Waals surface area contributed by atoms with Crippen molar-refractivity contribution in [2.45, 2.75) is 37.6 Å². The molecule has 1 saturated heterocycles. The average molecular weight is 566 g/mol. The largest absolute Gasteiger partial charge is 0.496 e. The number of piperidine rings is 1. The van der Waals surface area contributed by atoms with E-state index in [4.69, 9.17) is 9.47 Å². The molecule has 10 heteroatoms. The molecule has 0 saturated carbocycles. The first kappa shape index (κ1) is 29.1. The van der Waals surface area contributed by atoms with Crippen molar-refractivity contribution in [2.75, 3.05) is 37.0 Å². The van der Waals surface area contributed by atoms with Gasteiger partial charge in [0.1, 0.15) is 10.6 Å². The van der Waals surface area contributed by atoms with Gasteiger partial charge in [0.15, 0.2) is 0 Å². The monoisotopic (exact) mass is 565 g/mol. The number of sulfonamides is 1. The minimum absolute atomic E-state index is 0.0117. The number of ether oxygens (including phenoxy) is 2. The Morgan fingerprint density at radius 2 is 1.77 bits per heavy atom. The highest BCUT2D eigenvalue weighted by molar-refractivity contribution is 7.89. The van der Waals surface area contributed by atoms with Gasteiger partial charge in [-0.2, -0.15) is 0 Å². The Balaban J connectivity index is 1.69. The second kappa shape index (κ2) is 13.0. The van der Waals surface area contributed by atoms with Gasteiger partial charge in [0.2, 0.25) is 10.0 Å². The smallest absolute Gasteiger partial charge is 0.310 e. The highest BCUT2D eigenvalue weighted by Crippen LogP contribution is 2.33. The van der Waals surface area contributed by atoms with Crippen LogP contribution in [0.15, 0.2) is 77.7 Å². The van der Waals surface area contributed by atoms with Crippen LogP contribution in [0.5, 0.6) is 5.75 Å². The predicted molar refractivity (Wildman–Crippen MR) is 154 cm³/mol. The number of benzene rings is 3. The summed E-state index contributed by atoms with van der Waals surface area (Å²) in [4.78, 5) is 27.5. The predicted octanol–water partition coefficient (Wildman–Crippen LogP) is 4.77. The highest BCUT2D eigenvalue weighted by atomic mass is 32.2. The summed E-state index contributed by atoms with van der Waals surface area (Å²) in [5.41, 5.74) is 1.90. The lowest BCUT2D eigenvalue weighted by Crippen LogP contribution is -2.40. The molecule has 2 unspecified atom stereocenters. The second-order valence-electron chi connectivity index (χ2n) is 9.63. The van der Waals surface area contributed by atoms with Gasteiger partial charge in [-0.1, -0.05) is 42.5 Å². The molecular weight excluding hydrogens is 530 g/mol. The molecule has 1 heterocycles. The summed E-state index contributed by atoms with van der Waals surface area (Å²) in [7, 11) is -2.58. The molecule has 1 aliphatic rings. The number of para-hydroxylation sites is 1. The van der Waals surface area contributed by atoms with E-state index in [1.165, 1.54) is 13.2 Å². The highest BCUT2D eigenvalue weighted by Gasteiger charge is 2.31. The normalized spacial score (nSPS) is 16.2. The molecule has 0 aromatic heterocycles. The number of nitrogens with zero attached hydrogens (tertiary/aromatic N) is 1. The first-order chi connectivity index (χ1) is 19.2. The topological polar surface area (TPSA) is 114 Å². The van der Waals surface area contributed by atoms with Crippen molar-refractivity contribution in [3.63, 3.8) is 0 Å². The van der Waals surface area contributed by atoms with Gasteiger partial charge in [-0.25, -0.2) is 13.1 Å². The number of hydrogen-bond acceptors (Lipinski definition) is 7. The van der Waals surface area contributed by atoms with Crippen LogP contribution in [-0.4, -0.2) is 47.1 Å². The molecule has 0 aliphatic carbocycles. The maximum Gasteiger partial charge on any atom is 0.310 e. The molecule has 0 radical (unpaired) electrons. The van der Waals surface area contributed by atoms with Gasteiger partial charge >= 0.3 is 5.97 Å². The van der Waals surface area contributed by atoms with E-state index in [0.29, 0.717) is 48.6 Å². The molecule has 1 amide bonds. The number of nitrogens with one attached hydrogen (secondary N) is 2. The van der Waals surface area contributed by atoms with E-state index in [9.17, 15) is 18.0 Å². The zero-order valence-corrected chi connectivity index (χ0v) is 23.7. The number of amides is 1. The average Bonchev–Trinajstić information content (AvgIpc) is 2.97. The molecule has 3 aromatic carbocycles. The minimum Gasteiger partial charge on any atom is -0.496 e. The van der Waals surface area contributed by atoms with Crippen LogP contribution in [0.1, 0.15) is 48.7 Å². The van der Waals surface area contributed by atoms with Crippen LogP contribution >= 0.6 is 0 Å². The third kappa shape index (κ3) is 6.81. The van der Waals surface area contributed by atoms with E-state index < -0.39 is 22.0 Å². The van der Waals surface area contributed by atoms with Crippen LogP contribution in [0, 0.1) is 5.92 Å². The molecule has 9 nitrogen and oxygen atoms in total. The lowest BCUT2D eigenvalue weighted by molar-refractivity contribution is -0.148. The van der Waals surface area contributed by atoms with Crippen LogP contribution in [0.3, 0.4) is 0 Å². The molecule has 40 heavy (non-hydrogen) atoms. The van der Waals surface area contributed by atoms with Crippen molar-refractivity contribution in [3.8, 4) is 5.75 Å². The Morgan fingerprint density at radius 3 is 2.50 bits per heavy atom. The van der Waals surface area contributed by atoms with Gasteiger partial charge in [0, 0.05) is 24.8 Å². The number of esters is 1. The van der Waals surface area contributed by atoms with E-state index in [1.807, 2.05) is 35.2 Å². The molecule has 1 fully saturated rings. The number of rotatable bonds is 10. The Bertz CT molecular complexity index is 1440. The fourth-order valence-corrected chi connectivity index (χ4v) is 6.34. The van der Waals surface area contributed by atoms with Gasteiger partial charge in [-0.3, -0.25) is 9.59 Å². The molecule has 4 rings (SSSR count). The van der Waals surface area contributed by atoms with Crippen molar-refractivity contribution >= 4 is 33.3 Å². The Morgan fingerprint density at radius 1 is 1.05 bits per heavy atom. The minimum atomic E-state index is -4.06. The van der Waals surface area contributed by atoms with Crippen molar-refractivity contribution in [1.29, 1.82) is 0 Å².